The van der Waals surface area contributed by atoms with Crippen LogP contribution in [0.3, 0.4) is 0 Å². The lowest BCUT2D eigenvalue weighted by atomic mass is 10.1. The minimum Gasteiger partial charge on any atom is -0.395 e. The maximum absolute atomic E-state index is 11.3. The fourth-order valence-corrected chi connectivity index (χ4v) is 2.41. The quantitative estimate of drug-likeness (QED) is 0.826. The third-order valence-corrected chi connectivity index (χ3v) is 3.39. The molecule has 4 nitrogen and oxygen atoms in total. The SMILES string of the molecule is CC(=O)Nc1ccccc1CN(CCO)Cc1ccccc1. The van der Waals surface area contributed by atoms with Gasteiger partial charge in [0.1, 0.15) is 0 Å². The van der Waals surface area contributed by atoms with Gasteiger partial charge >= 0.3 is 0 Å². The van der Waals surface area contributed by atoms with Gasteiger partial charge in [-0.3, -0.25) is 9.69 Å². The Labute approximate surface area is 131 Å². The Hall–Kier alpha value is -2.17. The molecule has 0 heterocycles. The molecule has 0 bridgehead atoms. The predicted molar refractivity (Wildman–Crippen MR) is 88.4 cm³/mol. The Morgan fingerprint density at radius 2 is 1.73 bits per heavy atom. The van der Waals surface area contributed by atoms with Gasteiger partial charge < -0.3 is 10.4 Å². The molecule has 0 aliphatic carbocycles. The molecule has 0 aromatic heterocycles. The Morgan fingerprint density at radius 1 is 1.05 bits per heavy atom. The van der Waals surface area contributed by atoms with Gasteiger partial charge in [0, 0.05) is 32.2 Å². The van der Waals surface area contributed by atoms with Crippen molar-refractivity contribution in [2.75, 3.05) is 18.5 Å². The first-order chi connectivity index (χ1) is 10.7. The number of hydrogen-bond acceptors (Lipinski definition) is 3. The van der Waals surface area contributed by atoms with Crippen LogP contribution in [0.1, 0.15) is 18.1 Å². The molecule has 0 saturated carbocycles. The molecule has 2 aromatic rings. The second-order valence-electron chi connectivity index (χ2n) is 5.26. The molecule has 0 aliphatic heterocycles. The van der Waals surface area contributed by atoms with Gasteiger partial charge in [0.15, 0.2) is 0 Å². The number of anilines is 1. The van der Waals surface area contributed by atoms with Gasteiger partial charge in [-0.2, -0.15) is 0 Å². The summed E-state index contributed by atoms with van der Waals surface area (Å²) in [5, 5.41) is 12.2. The monoisotopic (exact) mass is 298 g/mol. The Kier molecular flexibility index (Phi) is 6.13. The molecule has 1 amide bonds. The van der Waals surface area contributed by atoms with Crippen LogP contribution in [-0.2, 0) is 17.9 Å². The molecule has 2 aromatic carbocycles. The topological polar surface area (TPSA) is 52.6 Å². The van der Waals surface area contributed by atoms with Crippen LogP contribution in [0.2, 0.25) is 0 Å². The molecule has 116 valence electrons. The number of amides is 1. The average Bonchev–Trinajstić information content (AvgIpc) is 2.50. The van der Waals surface area contributed by atoms with Gasteiger partial charge in [0.05, 0.1) is 6.61 Å². The number of para-hydroxylation sites is 1. The van der Waals surface area contributed by atoms with E-state index in [2.05, 4.69) is 22.3 Å². The van der Waals surface area contributed by atoms with Crippen LogP contribution in [0, 0.1) is 0 Å². The van der Waals surface area contributed by atoms with E-state index >= 15 is 0 Å². The Balaban J connectivity index is 2.12. The molecule has 22 heavy (non-hydrogen) atoms. The van der Waals surface area contributed by atoms with Crippen molar-refractivity contribution in [3.8, 4) is 0 Å². The van der Waals surface area contributed by atoms with Crippen LogP contribution in [0.15, 0.2) is 54.6 Å². The highest BCUT2D eigenvalue weighted by molar-refractivity contribution is 5.89. The lowest BCUT2D eigenvalue weighted by molar-refractivity contribution is -0.114. The molecule has 0 spiro atoms. The van der Waals surface area contributed by atoms with Crippen molar-refractivity contribution in [3.63, 3.8) is 0 Å². The zero-order valence-electron chi connectivity index (χ0n) is 12.8. The lowest BCUT2D eigenvalue weighted by Crippen LogP contribution is -2.26. The first-order valence-electron chi connectivity index (χ1n) is 7.41. The summed E-state index contributed by atoms with van der Waals surface area (Å²) in [7, 11) is 0. The van der Waals surface area contributed by atoms with E-state index < -0.39 is 0 Å². The predicted octanol–water partition coefficient (Wildman–Crippen LogP) is 2.64. The number of carbonyl (C=O) groups is 1. The zero-order chi connectivity index (χ0) is 15.8. The molecule has 0 radical (unpaired) electrons. The Morgan fingerprint density at radius 3 is 2.41 bits per heavy atom. The zero-order valence-corrected chi connectivity index (χ0v) is 12.8. The smallest absolute Gasteiger partial charge is 0.221 e. The summed E-state index contributed by atoms with van der Waals surface area (Å²) < 4.78 is 0. The second kappa shape index (κ2) is 8.32. The number of nitrogens with zero attached hydrogens (tertiary/aromatic N) is 1. The molecule has 2 rings (SSSR count). The van der Waals surface area contributed by atoms with Crippen molar-refractivity contribution in [1.29, 1.82) is 0 Å². The molecule has 0 aliphatic rings. The standard InChI is InChI=1S/C18H22N2O2/c1-15(22)19-18-10-6-5-9-17(18)14-20(11-12-21)13-16-7-3-2-4-8-16/h2-10,21H,11-14H2,1H3,(H,19,22). The number of rotatable bonds is 7. The highest BCUT2D eigenvalue weighted by atomic mass is 16.3. The summed E-state index contributed by atoms with van der Waals surface area (Å²) >= 11 is 0. The van der Waals surface area contributed by atoms with Crippen molar-refractivity contribution in [2.45, 2.75) is 20.0 Å². The van der Waals surface area contributed by atoms with Crippen LogP contribution in [-0.4, -0.2) is 29.1 Å². The second-order valence-corrected chi connectivity index (χ2v) is 5.26. The van der Waals surface area contributed by atoms with E-state index in [4.69, 9.17) is 0 Å². The third kappa shape index (κ3) is 4.98. The van der Waals surface area contributed by atoms with E-state index in [1.165, 1.54) is 12.5 Å². The molecule has 0 unspecified atom stereocenters. The Bertz CT molecular complexity index is 599. The van der Waals surface area contributed by atoms with Gasteiger partial charge in [-0.25, -0.2) is 0 Å². The average molecular weight is 298 g/mol. The van der Waals surface area contributed by atoms with Gasteiger partial charge in [-0.15, -0.1) is 0 Å². The molecular weight excluding hydrogens is 276 g/mol. The van der Waals surface area contributed by atoms with Crippen LogP contribution in [0.5, 0.6) is 0 Å². The van der Waals surface area contributed by atoms with Crippen molar-refractivity contribution >= 4 is 11.6 Å². The fourth-order valence-electron chi connectivity index (χ4n) is 2.41. The molecule has 0 saturated heterocycles. The summed E-state index contributed by atoms with van der Waals surface area (Å²) in [6.45, 7) is 3.63. The maximum atomic E-state index is 11.3. The minimum atomic E-state index is -0.0794. The van der Waals surface area contributed by atoms with Gasteiger partial charge in [0.2, 0.25) is 5.91 Å². The summed E-state index contributed by atoms with van der Waals surface area (Å²) in [6.07, 6.45) is 0. The first-order valence-corrected chi connectivity index (χ1v) is 7.41. The number of hydrogen-bond donors (Lipinski definition) is 2. The summed E-state index contributed by atoms with van der Waals surface area (Å²) in [4.78, 5) is 13.5. The van der Waals surface area contributed by atoms with Crippen LogP contribution >= 0.6 is 0 Å². The van der Waals surface area contributed by atoms with Crippen molar-refractivity contribution in [3.05, 3.63) is 65.7 Å². The summed E-state index contributed by atoms with van der Waals surface area (Å²) in [5.41, 5.74) is 3.07. The van der Waals surface area contributed by atoms with Gasteiger partial charge in [-0.05, 0) is 17.2 Å². The number of aliphatic hydroxyl groups excluding tert-OH is 1. The van der Waals surface area contributed by atoms with Crippen LogP contribution in [0.4, 0.5) is 5.69 Å². The molecule has 4 heteroatoms. The fraction of sp³-hybridized carbons (Fsp3) is 0.278. The van der Waals surface area contributed by atoms with E-state index in [0.717, 1.165) is 17.8 Å². The van der Waals surface area contributed by atoms with E-state index in [0.29, 0.717) is 13.1 Å². The lowest BCUT2D eigenvalue weighted by Gasteiger charge is -2.23. The van der Waals surface area contributed by atoms with E-state index in [1.807, 2.05) is 42.5 Å². The number of carbonyl (C=O) groups excluding carboxylic acids is 1. The highest BCUT2D eigenvalue weighted by Crippen LogP contribution is 2.18. The number of aliphatic hydroxyl groups is 1. The molecular formula is C18H22N2O2. The highest BCUT2D eigenvalue weighted by Gasteiger charge is 2.10. The minimum absolute atomic E-state index is 0.0794. The van der Waals surface area contributed by atoms with Crippen molar-refractivity contribution in [2.24, 2.45) is 0 Å². The van der Waals surface area contributed by atoms with Crippen molar-refractivity contribution < 1.29 is 9.90 Å². The number of benzene rings is 2. The normalized spacial score (nSPS) is 10.7. The number of nitrogens with one attached hydrogen (secondary N) is 1. The van der Waals surface area contributed by atoms with Gasteiger partial charge in [0.25, 0.3) is 0 Å². The van der Waals surface area contributed by atoms with Crippen LogP contribution < -0.4 is 5.32 Å². The van der Waals surface area contributed by atoms with E-state index in [-0.39, 0.29) is 12.5 Å². The van der Waals surface area contributed by atoms with E-state index in [1.54, 1.807) is 0 Å². The molecule has 2 N–H and O–H groups in total. The summed E-state index contributed by atoms with van der Waals surface area (Å²) in [5.74, 6) is -0.0794. The molecule has 0 fully saturated rings. The van der Waals surface area contributed by atoms with Crippen molar-refractivity contribution in [1.82, 2.24) is 4.90 Å². The summed E-state index contributed by atoms with van der Waals surface area (Å²) in [6, 6.07) is 17.9. The first kappa shape index (κ1) is 16.2. The van der Waals surface area contributed by atoms with Gasteiger partial charge in [-0.1, -0.05) is 48.5 Å². The maximum Gasteiger partial charge on any atom is 0.221 e. The third-order valence-electron chi connectivity index (χ3n) is 3.39. The molecule has 0 atom stereocenters. The van der Waals surface area contributed by atoms with E-state index in [9.17, 15) is 9.90 Å². The van der Waals surface area contributed by atoms with Crippen LogP contribution in [0.25, 0.3) is 0 Å². The largest absolute Gasteiger partial charge is 0.395 e.